The molecule has 26 heavy (non-hydrogen) atoms. The number of halogens is 1. The summed E-state index contributed by atoms with van der Waals surface area (Å²) in [5.74, 6) is 0.313. The Hall–Kier alpha value is -1.63. The fraction of sp³-hybridized carbons (Fsp3) is 0.579. The topological polar surface area (TPSA) is 79.5 Å². The van der Waals surface area contributed by atoms with Crippen LogP contribution >= 0.6 is 12.4 Å². The van der Waals surface area contributed by atoms with Gasteiger partial charge in [0, 0.05) is 24.9 Å². The van der Waals surface area contributed by atoms with Crippen LogP contribution < -0.4 is 16.0 Å². The Bertz CT molecular complexity index is 579. The van der Waals surface area contributed by atoms with Crippen LogP contribution in [-0.2, 0) is 14.3 Å². The maximum atomic E-state index is 12.8. The van der Waals surface area contributed by atoms with Crippen molar-refractivity contribution in [1.29, 1.82) is 0 Å². The van der Waals surface area contributed by atoms with Crippen LogP contribution in [0.1, 0.15) is 33.1 Å². The van der Waals surface area contributed by atoms with Crippen LogP contribution in [0.3, 0.4) is 0 Å². The first-order valence-corrected chi connectivity index (χ1v) is 8.86. The minimum Gasteiger partial charge on any atom is -0.384 e. The predicted molar refractivity (Wildman–Crippen MR) is 107 cm³/mol. The van der Waals surface area contributed by atoms with E-state index in [0.717, 1.165) is 37.3 Å². The Morgan fingerprint density at radius 2 is 1.65 bits per heavy atom. The van der Waals surface area contributed by atoms with Crippen LogP contribution in [0.2, 0.25) is 0 Å². The van der Waals surface area contributed by atoms with Gasteiger partial charge in [-0.2, -0.15) is 0 Å². The number of nitrogens with one attached hydrogen (secondary N) is 3. The molecule has 1 aliphatic heterocycles. The molecule has 0 spiro atoms. The summed E-state index contributed by atoms with van der Waals surface area (Å²) >= 11 is 0. The molecule has 1 aromatic carbocycles. The van der Waals surface area contributed by atoms with Gasteiger partial charge in [-0.3, -0.25) is 9.59 Å². The van der Waals surface area contributed by atoms with Crippen LogP contribution in [0.5, 0.6) is 0 Å². The van der Waals surface area contributed by atoms with Crippen molar-refractivity contribution in [3.8, 4) is 0 Å². The first kappa shape index (κ1) is 22.4. The van der Waals surface area contributed by atoms with E-state index in [1.165, 1.54) is 0 Å². The summed E-state index contributed by atoms with van der Waals surface area (Å²) in [5, 5.41) is 9.14. The maximum Gasteiger partial charge on any atom is 0.233 e. The summed E-state index contributed by atoms with van der Waals surface area (Å²) in [6.07, 6.45) is 2.01. The number of carbonyl (C=O) groups excluding carboxylic acids is 2. The molecule has 0 saturated carbocycles. The highest BCUT2D eigenvalue weighted by molar-refractivity contribution is 5.96. The number of ether oxygens (including phenoxy) is 1. The number of hydrogen-bond donors (Lipinski definition) is 3. The molecule has 0 bridgehead atoms. The normalized spacial score (nSPS) is 15.8. The van der Waals surface area contributed by atoms with Crippen LogP contribution in [-0.4, -0.2) is 38.6 Å². The molecule has 0 aromatic heterocycles. The zero-order valence-electron chi connectivity index (χ0n) is 15.8. The quantitative estimate of drug-likeness (QED) is 0.676. The molecule has 2 rings (SSSR count). The van der Waals surface area contributed by atoms with Crippen molar-refractivity contribution in [1.82, 2.24) is 5.32 Å². The molecular weight excluding hydrogens is 354 g/mol. The number of carbonyl (C=O) groups is 2. The molecule has 2 amide bonds. The average molecular weight is 384 g/mol. The van der Waals surface area contributed by atoms with Crippen LogP contribution in [0, 0.1) is 11.3 Å². The summed E-state index contributed by atoms with van der Waals surface area (Å²) in [4.78, 5) is 24.6. The van der Waals surface area contributed by atoms with E-state index in [4.69, 9.17) is 4.74 Å². The number of benzene rings is 1. The number of rotatable bonds is 7. The molecule has 0 aliphatic carbocycles. The lowest BCUT2D eigenvalue weighted by Gasteiger charge is -2.35. The second-order valence-corrected chi connectivity index (χ2v) is 7.14. The smallest absolute Gasteiger partial charge is 0.233 e. The molecule has 3 N–H and O–H groups in total. The van der Waals surface area contributed by atoms with Gasteiger partial charge in [0.1, 0.15) is 0 Å². The average Bonchev–Trinajstić information content (AvgIpc) is 2.57. The van der Waals surface area contributed by atoms with E-state index >= 15 is 0 Å². The lowest BCUT2D eigenvalue weighted by Crippen LogP contribution is -2.47. The summed E-state index contributed by atoms with van der Waals surface area (Å²) in [6, 6.07) is 7.23. The van der Waals surface area contributed by atoms with Gasteiger partial charge in [-0.25, -0.2) is 0 Å². The summed E-state index contributed by atoms with van der Waals surface area (Å²) < 4.78 is 5.30. The number of anilines is 2. The molecule has 146 valence electrons. The lowest BCUT2D eigenvalue weighted by atomic mass is 9.78. The van der Waals surface area contributed by atoms with Crippen LogP contribution in [0.25, 0.3) is 0 Å². The van der Waals surface area contributed by atoms with E-state index in [-0.39, 0.29) is 24.2 Å². The molecule has 7 heteroatoms. The Morgan fingerprint density at radius 3 is 2.15 bits per heavy atom. The van der Waals surface area contributed by atoms with Crippen molar-refractivity contribution in [2.75, 3.05) is 37.4 Å². The fourth-order valence-corrected chi connectivity index (χ4v) is 3.10. The maximum absolute atomic E-state index is 12.8. The van der Waals surface area contributed by atoms with Crippen molar-refractivity contribution in [3.63, 3.8) is 0 Å². The van der Waals surface area contributed by atoms with E-state index < -0.39 is 5.41 Å². The second-order valence-electron chi connectivity index (χ2n) is 7.14. The minimum atomic E-state index is -0.482. The largest absolute Gasteiger partial charge is 0.384 e. The molecule has 0 unspecified atom stereocenters. The van der Waals surface area contributed by atoms with Gasteiger partial charge < -0.3 is 20.7 Å². The molecule has 0 atom stereocenters. The molecule has 1 aliphatic rings. The zero-order chi connectivity index (χ0) is 18.3. The standard InChI is InChI=1S/C19H29N3O3.ClH/c1-14(2)12-17(23)21-15-4-6-16(7-5-15)22-18(24)19(13-25-3)8-10-20-11-9-19;/h4-7,14,20H,8-13H2,1-3H3,(H,21,23)(H,22,24);1H. The van der Waals surface area contributed by atoms with E-state index in [9.17, 15) is 9.59 Å². The molecule has 6 nitrogen and oxygen atoms in total. The SMILES string of the molecule is COCC1(C(=O)Nc2ccc(NC(=O)CC(C)C)cc2)CCNCC1.Cl. The first-order chi connectivity index (χ1) is 11.9. The molecule has 1 fully saturated rings. The molecule has 1 aromatic rings. The molecule has 1 saturated heterocycles. The highest BCUT2D eigenvalue weighted by atomic mass is 35.5. The first-order valence-electron chi connectivity index (χ1n) is 8.86. The van der Waals surface area contributed by atoms with Gasteiger partial charge in [0.05, 0.1) is 12.0 Å². The van der Waals surface area contributed by atoms with Gasteiger partial charge in [0.2, 0.25) is 11.8 Å². The van der Waals surface area contributed by atoms with Gasteiger partial charge in [0.15, 0.2) is 0 Å². The van der Waals surface area contributed by atoms with E-state index in [1.54, 1.807) is 19.2 Å². The van der Waals surface area contributed by atoms with E-state index in [0.29, 0.717) is 18.9 Å². The van der Waals surface area contributed by atoms with E-state index in [2.05, 4.69) is 16.0 Å². The number of amides is 2. The Kier molecular flexibility index (Phi) is 9.05. The highest BCUT2D eigenvalue weighted by Crippen LogP contribution is 2.31. The van der Waals surface area contributed by atoms with Crippen molar-refractivity contribution in [2.45, 2.75) is 33.1 Å². The van der Waals surface area contributed by atoms with Gasteiger partial charge in [-0.1, -0.05) is 13.8 Å². The third-order valence-electron chi connectivity index (χ3n) is 4.48. The number of methoxy groups -OCH3 is 1. The van der Waals surface area contributed by atoms with Crippen molar-refractivity contribution in [3.05, 3.63) is 24.3 Å². The van der Waals surface area contributed by atoms with Gasteiger partial charge in [0.25, 0.3) is 0 Å². The summed E-state index contributed by atoms with van der Waals surface area (Å²) in [6.45, 7) is 6.07. The Morgan fingerprint density at radius 1 is 1.12 bits per heavy atom. The summed E-state index contributed by atoms with van der Waals surface area (Å²) in [7, 11) is 1.63. The highest BCUT2D eigenvalue weighted by Gasteiger charge is 2.39. The monoisotopic (exact) mass is 383 g/mol. The van der Waals surface area contributed by atoms with Crippen molar-refractivity contribution >= 4 is 35.6 Å². The molecular formula is C19H30ClN3O3. The number of piperidine rings is 1. The zero-order valence-corrected chi connectivity index (χ0v) is 16.6. The Labute approximate surface area is 161 Å². The Balaban J connectivity index is 0.00000338. The fourth-order valence-electron chi connectivity index (χ4n) is 3.10. The minimum absolute atomic E-state index is 0. The van der Waals surface area contributed by atoms with Crippen LogP contribution in [0.4, 0.5) is 11.4 Å². The van der Waals surface area contributed by atoms with Gasteiger partial charge in [-0.05, 0) is 56.1 Å². The van der Waals surface area contributed by atoms with Crippen molar-refractivity contribution in [2.24, 2.45) is 11.3 Å². The van der Waals surface area contributed by atoms with E-state index in [1.807, 2.05) is 26.0 Å². The second kappa shape index (κ2) is 10.5. The molecule has 0 radical (unpaired) electrons. The van der Waals surface area contributed by atoms with Crippen molar-refractivity contribution < 1.29 is 14.3 Å². The molecule has 1 heterocycles. The summed E-state index contributed by atoms with van der Waals surface area (Å²) in [5.41, 5.74) is 0.974. The predicted octanol–water partition coefficient (Wildman–Crippen LogP) is 3.05. The third-order valence-corrected chi connectivity index (χ3v) is 4.48. The van der Waals surface area contributed by atoms with Gasteiger partial charge >= 0.3 is 0 Å². The third kappa shape index (κ3) is 6.27. The van der Waals surface area contributed by atoms with Crippen LogP contribution in [0.15, 0.2) is 24.3 Å². The number of hydrogen-bond acceptors (Lipinski definition) is 4. The lowest BCUT2D eigenvalue weighted by molar-refractivity contribution is -0.130. The van der Waals surface area contributed by atoms with Gasteiger partial charge in [-0.15, -0.1) is 12.4 Å².